The highest BCUT2D eigenvalue weighted by molar-refractivity contribution is 9.10. The quantitative estimate of drug-likeness (QED) is 0.317. The molecule has 0 radical (unpaired) electrons. The molecule has 0 unspecified atom stereocenters. The Hall–Kier alpha value is -3.30. The van der Waals surface area contributed by atoms with Crippen LogP contribution in [0.1, 0.15) is 18.1 Å². The van der Waals surface area contributed by atoms with E-state index in [-0.39, 0.29) is 10.6 Å². The predicted octanol–water partition coefficient (Wildman–Crippen LogP) is 5.61. The van der Waals surface area contributed by atoms with Crippen LogP contribution < -0.4 is 18.5 Å². The second kappa shape index (κ2) is 11.4. The Kier molecular flexibility index (Phi) is 8.58. The Labute approximate surface area is 214 Å². The number of nitrogens with zero attached hydrogens (tertiary/aromatic N) is 1. The Morgan fingerprint density at radius 2 is 1.66 bits per heavy atom. The standard InChI is InChI=1S/C26H26BrNO6S/c1-5-34-21-11-9-20(10-12-21)28(35(30,31)22-13-6-18(2)7-14-22)25(29)15-8-19-16-23(27)26(33-4)24(17-19)32-3/h6-17H,5H2,1-4H3/b15-8+. The van der Waals surface area contributed by atoms with E-state index in [4.69, 9.17) is 14.2 Å². The molecule has 0 aliphatic carbocycles. The molecule has 0 heterocycles. The second-order valence-electron chi connectivity index (χ2n) is 7.42. The van der Waals surface area contributed by atoms with Crippen LogP contribution in [0.2, 0.25) is 0 Å². The molecule has 3 aromatic carbocycles. The molecule has 0 saturated carbocycles. The van der Waals surface area contributed by atoms with E-state index >= 15 is 0 Å². The van der Waals surface area contributed by atoms with Crippen molar-refractivity contribution in [2.75, 3.05) is 25.1 Å². The van der Waals surface area contributed by atoms with E-state index in [0.717, 1.165) is 9.87 Å². The van der Waals surface area contributed by atoms with Crippen LogP contribution in [0.3, 0.4) is 0 Å². The van der Waals surface area contributed by atoms with Gasteiger partial charge in [-0.1, -0.05) is 17.7 Å². The van der Waals surface area contributed by atoms with Gasteiger partial charge in [0.15, 0.2) is 11.5 Å². The number of benzene rings is 3. The molecule has 0 aliphatic rings. The smallest absolute Gasteiger partial charge is 0.271 e. The van der Waals surface area contributed by atoms with E-state index in [2.05, 4.69) is 15.9 Å². The fourth-order valence-electron chi connectivity index (χ4n) is 3.31. The number of sulfonamides is 1. The third kappa shape index (κ3) is 6.04. The molecule has 0 aromatic heterocycles. The largest absolute Gasteiger partial charge is 0.494 e. The van der Waals surface area contributed by atoms with E-state index in [9.17, 15) is 13.2 Å². The lowest BCUT2D eigenvalue weighted by molar-refractivity contribution is -0.113. The lowest BCUT2D eigenvalue weighted by atomic mass is 10.2. The van der Waals surface area contributed by atoms with Gasteiger partial charge >= 0.3 is 0 Å². The van der Waals surface area contributed by atoms with Crippen LogP contribution in [-0.4, -0.2) is 35.2 Å². The zero-order chi connectivity index (χ0) is 25.6. The predicted molar refractivity (Wildman–Crippen MR) is 140 cm³/mol. The van der Waals surface area contributed by atoms with Crippen LogP contribution in [-0.2, 0) is 14.8 Å². The Morgan fingerprint density at radius 3 is 2.23 bits per heavy atom. The third-order valence-electron chi connectivity index (χ3n) is 5.02. The second-order valence-corrected chi connectivity index (χ2v) is 10.1. The van der Waals surface area contributed by atoms with Crippen LogP contribution >= 0.6 is 15.9 Å². The number of hydrogen-bond acceptors (Lipinski definition) is 6. The van der Waals surface area contributed by atoms with Crippen molar-refractivity contribution in [2.24, 2.45) is 0 Å². The van der Waals surface area contributed by atoms with E-state index in [0.29, 0.717) is 33.9 Å². The number of halogens is 1. The summed E-state index contributed by atoms with van der Waals surface area (Å²) in [5.74, 6) is 0.807. The Bertz CT molecular complexity index is 1320. The molecule has 0 N–H and O–H groups in total. The highest BCUT2D eigenvalue weighted by Gasteiger charge is 2.30. The molecule has 0 fully saturated rings. The van der Waals surface area contributed by atoms with Crippen molar-refractivity contribution in [3.05, 3.63) is 82.3 Å². The van der Waals surface area contributed by atoms with Gasteiger partial charge in [-0.25, -0.2) is 8.42 Å². The summed E-state index contributed by atoms with van der Waals surface area (Å²) in [7, 11) is -1.17. The first kappa shape index (κ1) is 26.3. The molecule has 0 spiro atoms. The Morgan fingerprint density at radius 1 is 1.00 bits per heavy atom. The maximum atomic E-state index is 13.5. The number of rotatable bonds is 9. The molecule has 7 nitrogen and oxygen atoms in total. The molecule has 0 atom stereocenters. The minimum atomic E-state index is -4.19. The fraction of sp³-hybridized carbons (Fsp3) is 0.192. The van der Waals surface area contributed by atoms with Crippen LogP contribution in [0, 0.1) is 6.92 Å². The van der Waals surface area contributed by atoms with E-state index in [1.807, 2.05) is 13.8 Å². The topological polar surface area (TPSA) is 82.1 Å². The van der Waals surface area contributed by atoms with Crippen molar-refractivity contribution < 1.29 is 27.4 Å². The highest BCUT2D eigenvalue weighted by Crippen LogP contribution is 2.36. The third-order valence-corrected chi connectivity index (χ3v) is 7.34. The van der Waals surface area contributed by atoms with Gasteiger partial charge < -0.3 is 14.2 Å². The summed E-state index contributed by atoms with van der Waals surface area (Å²) in [5, 5.41) is 0. The number of aryl methyl sites for hydroxylation is 1. The summed E-state index contributed by atoms with van der Waals surface area (Å²) < 4.78 is 44.6. The van der Waals surface area contributed by atoms with Crippen molar-refractivity contribution in [3.8, 4) is 17.2 Å². The number of ether oxygens (including phenoxy) is 3. The lowest BCUT2D eigenvalue weighted by Crippen LogP contribution is -2.35. The molecule has 35 heavy (non-hydrogen) atoms. The summed E-state index contributed by atoms with van der Waals surface area (Å²) in [6.07, 6.45) is 2.72. The van der Waals surface area contributed by atoms with Crippen molar-refractivity contribution in [3.63, 3.8) is 0 Å². The first-order valence-electron chi connectivity index (χ1n) is 10.7. The van der Waals surface area contributed by atoms with Gasteiger partial charge in [-0.3, -0.25) is 4.79 Å². The maximum absolute atomic E-state index is 13.5. The number of carbonyl (C=O) groups is 1. The zero-order valence-corrected chi connectivity index (χ0v) is 22.2. The van der Waals surface area contributed by atoms with E-state index in [1.54, 1.807) is 36.4 Å². The molecule has 0 aliphatic heterocycles. The van der Waals surface area contributed by atoms with Crippen molar-refractivity contribution in [1.29, 1.82) is 0 Å². The van der Waals surface area contributed by atoms with Gasteiger partial charge in [0.25, 0.3) is 15.9 Å². The molecule has 1 amide bonds. The van der Waals surface area contributed by atoms with Crippen molar-refractivity contribution in [2.45, 2.75) is 18.7 Å². The lowest BCUT2D eigenvalue weighted by Gasteiger charge is -2.22. The SMILES string of the molecule is CCOc1ccc(N(C(=O)/C=C/c2cc(Br)c(OC)c(OC)c2)S(=O)(=O)c2ccc(C)cc2)cc1. The summed E-state index contributed by atoms with van der Waals surface area (Å²) in [5.41, 5.74) is 1.71. The number of methoxy groups -OCH3 is 2. The summed E-state index contributed by atoms with van der Waals surface area (Å²) >= 11 is 3.42. The first-order chi connectivity index (χ1) is 16.7. The molecule has 3 rings (SSSR count). The van der Waals surface area contributed by atoms with E-state index < -0.39 is 15.9 Å². The zero-order valence-electron chi connectivity index (χ0n) is 19.8. The van der Waals surface area contributed by atoms with Gasteiger partial charge in [-0.15, -0.1) is 0 Å². The molecule has 9 heteroatoms. The number of hydrogen-bond donors (Lipinski definition) is 0. The average molecular weight is 560 g/mol. The average Bonchev–Trinajstić information content (AvgIpc) is 2.84. The number of amides is 1. The fourth-order valence-corrected chi connectivity index (χ4v) is 5.32. The van der Waals surface area contributed by atoms with Gasteiger partial charge in [0.1, 0.15) is 5.75 Å². The van der Waals surface area contributed by atoms with Gasteiger partial charge in [-0.2, -0.15) is 4.31 Å². The summed E-state index contributed by atoms with van der Waals surface area (Å²) in [6, 6.07) is 16.1. The van der Waals surface area contributed by atoms with Crippen LogP contribution in [0.15, 0.2) is 76.1 Å². The maximum Gasteiger partial charge on any atom is 0.271 e. The molecule has 0 bridgehead atoms. The monoisotopic (exact) mass is 559 g/mol. The molecule has 3 aromatic rings. The molecular formula is C26H26BrNO6S. The van der Waals surface area contributed by atoms with Crippen molar-refractivity contribution in [1.82, 2.24) is 0 Å². The van der Waals surface area contributed by atoms with Crippen molar-refractivity contribution >= 4 is 43.6 Å². The first-order valence-corrected chi connectivity index (χ1v) is 12.9. The minimum Gasteiger partial charge on any atom is -0.494 e. The van der Waals surface area contributed by atoms with Gasteiger partial charge in [0.05, 0.1) is 35.9 Å². The summed E-state index contributed by atoms with van der Waals surface area (Å²) in [6.45, 7) is 4.17. The number of carbonyl (C=O) groups excluding carboxylic acids is 1. The summed E-state index contributed by atoms with van der Waals surface area (Å²) in [4.78, 5) is 13.3. The van der Waals surface area contributed by atoms with Gasteiger partial charge in [-0.05, 0) is 89.9 Å². The minimum absolute atomic E-state index is 0.00703. The molecule has 0 saturated heterocycles. The van der Waals surface area contributed by atoms with Crippen LogP contribution in [0.5, 0.6) is 17.2 Å². The van der Waals surface area contributed by atoms with E-state index in [1.165, 1.54) is 50.6 Å². The molecular weight excluding hydrogens is 534 g/mol. The van der Waals surface area contributed by atoms with Crippen LogP contribution in [0.4, 0.5) is 5.69 Å². The highest BCUT2D eigenvalue weighted by atomic mass is 79.9. The molecule has 184 valence electrons. The number of anilines is 1. The van der Waals surface area contributed by atoms with Crippen LogP contribution in [0.25, 0.3) is 6.08 Å². The Balaban J connectivity index is 2.04. The normalized spacial score (nSPS) is 11.3. The van der Waals surface area contributed by atoms with Gasteiger partial charge in [0.2, 0.25) is 0 Å². The van der Waals surface area contributed by atoms with Gasteiger partial charge in [0, 0.05) is 6.08 Å².